The highest BCUT2D eigenvalue weighted by Gasteiger charge is 2.23. The second-order valence-electron chi connectivity index (χ2n) is 5.39. The average molecular weight is 263 g/mol. The molecule has 0 saturated heterocycles. The summed E-state index contributed by atoms with van der Waals surface area (Å²) in [6.07, 6.45) is 7.73. The van der Waals surface area contributed by atoms with E-state index >= 15 is 0 Å². The van der Waals surface area contributed by atoms with Crippen molar-refractivity contribution in [1.82, 2.24) is 0 Å². The van der Waals surface area contributed by atoms with Crippen LogP contribution in [0.4, 0.5) is 0 Å². The average Bonchev–Trinajstić information content (AvgIpc) is 2.74. The van der Waals surface area contributed by atoms with E-state index in [9.17, 15) is 0 Å². The second-order valence-corrected chi connectivity index (χ2v) is 5.39. The van der Waals surface area contributed by atoms with Crippen LogP contribution in [-0.4, -0.2) is 14.2 Å². The van der Waals surface area contributed by atoms with E-state index in [-0.39, 0.29) is 6.04 Å². The minimum atomic E-state index is 0.0446. The third-order valence-electron chi connectivity index (χ3n) is 4.20. The molecule has 2 N–H and O–H groups in total. The Kier molecular flexibility index (Phi) is 5.08. The molecule has 0 aromatic heterocycles. The highest BCUT2D eigenvalue weighted by molar-refractivity contribution is 5.42. The van der Waals surface area contributed by atoms with Crippen LogP contribution in [0.2, 0.25) is 0 Å². The Hall–Kier alpha value is -1.22. The van der Waals surface area contributed by atoms with E-state index in [1.807, 2.05) is 18.2 Å². The number of nitrogens with two attached hydrogens (primary N) is 1. The first-order chi connectivity index (χ1) is 9.26. The molecule has 3 heteroatoms. The molecule has 1 aromatic rings. The molecule has 19 heavy (non-hydrogen) atoms. The van der Waals surface area contributed by atoms with E-state index in [2.05, 4.69) is 0 Å². The Morgan fingerprint density at radius 2 is 1.74 bits per heavy atom. The quantitative estimate of drug-likeness (QED) is 0.843. The lowest BCUT2D eigenvalue weighted by molar-refractivity contribution is 0.355. The maximum Gasteiger partial charge on any atom is 0.123 e. The van der Waals surface area contributed by atoms with Crippen LogP contribution >= 0.6 is 0 Å². The summed E-state index contributed by atoms with van der Waals surface area (Å²) in [6.45, 7) is 0. The van der Waals surface area contributed by atoms with E-state index in [0.29, 0.717) is 5.92 Å². The molecule has 1 unspecified atom stereocenters. The van der Waals surface area contributed by atoms with Crippen molar-refractivity contribution in [3.8, 4) is 11.5 Å². The molecule has 1 aliphatic carbocycles. The fourth-order valence-electron chi connectivity index (χ4n) is 3.02. The summed E-state index contributed by atoms with van der Waals surface area (Å²) in [7, 11) is 3.38. The van der Waals surface area contributed by atoms with Crippen LogP contribution in [0.1, 0.15) is 50.1 Å². The SMILES string of the molecule is COc1ccc(OC)c(C(N)C2CCCCCC2)c1. The molecule has 1 aromatic carbocycles. The summed E-state index contributed by atoms with van der Waals surface area (Å²) in [4.78, 5) is 0. The molecule has 1 fully saturated rings. The van der Waals surface area contributed by atoms with Crippen LogP contribution in [0.15, 0.2) is 18.2 Å². The summed E-state index contributed by atoms with van der Waals surface area (Å²) in [5, 5.41) is 0. The molecule has 2 rings (SSSR count). The van der Waals surface area contributed by atoms with Crippen LogP contribution in [0.3, 0.4) is 0 Å². The first kappa shape index (κ1) is 14.2. The Morgan fingerprint density at radius 3 is 2.32 bits per heavy atom. The van der Waals surface area contributed by atoms with Crippen molar-refractivity contribution in [2.75, 3.05) is 14.2 Å². The van der Waals surface area contributed by atoms with Crippen LogP contribution in [0.25, 0.3) is 0 Å². The summed E-state index contributed by atoms with van der Waals surface area (Å²) in [6, 6.07) is 5.93. The largest absolute Gasteiger partial charge is 0.497 e. The highest BCUT2D eigenvalue weighted by atomic mass is 16.5. The Bertz CT molecular complexity index is 398. The van der Waals surface area contributed by atoms with Crippen molar-refractivity contribution < 1.29 is 9.47 Å². The molecule has 0 bridgehead atoms. The lowest BCUT2D eigenvalue weighted by Gasteiger charge is -2.24. The number of ether oxygens (including phenoxy) is 2. The van der Waals surface area contributed by atoms with Crippen molar-refractivity contribution in [3.63, 3.8) is 0 Å². The Morgan fingerprint density at radius 1 is 1.05 bits per heavy atom. The number of hydrogen-bond acceptors (Lipinski definition) is 3. The first-order valence-electron chi connectivity index (χ1n) is 7.23. The zero-order chi connectivity index (χ0) is 13.7. The molecule has 1 atom stereocenters. The monoisotopic (exact) mass is 263 g/mol. The fourth-order valence-corrected chi connectivity index (χ4v) is 3.02. The standard InChI is InChI=1S/C16H25NO2/c1-18-13-9-10-15(19-2)14(11-13)16(17)12-7-5-3-4-6-8-12/h9-12,16H,3-8,17H2,1-2H3. The van der Waals surface area contributed by atoms with Crippen LogP contribution in [0.5, 0.6) is 11.5 Å². The van der Waals surface area contributed by atoms with E-state index in [4.69, 9.17) is 15.2 Å². The smallest absolute Gasteiger partial charge is 0.123 e. The van der Waals surface area contributed by atoms with Gasteiger partial charge in [-0.05, 0) is 37.0 Å². The van der Waals surface area contributed by atoms with Gasteiger partial charge in [0.15, 0.2) is 0 Å². The molecule has 1 saturated carbocycles. The van der Waals surface area contributed by atoms with Crippen molar-refractivity contribution in [1.29, 1.82) is 0 Å². The topological polar surface area (TPSA) is 44.5 Å². The van der Waals surface area contributed by atoms with Gasteiger partial charge in [-0.3, -0.25) is 0 Å². The van der Waals surface area contributed by atoms with Crippen LogP contribution in [0, 0.1) is 5.92 Å². The van der Waals surface area contributed by atoms with E-state index in [1.54, 1.807) is 14.2 Å². The lowest BCUT2D eigenvalue weighted by Crippen LogP contribution is -2.21. The van der Waals surface area contributed by atoms with Gasteiger partial charge in [0, 0.05) is 11.6 Å². The molecule has 3 nitrogen and oxygen atoms in total. The zero-order valence-corrected chi connectivity index (χ0v) is 12.0. The maximum atomic E-state index is 6.50. The molecule has 106 valence electrons. The summed E-state index contributed by atoms with van der Waals surface area (Å²) in [5.74, 6) is 2.28. The van der Waals surface area contributed by atoms with Gasteiger partial charge in [0.25, 0.3) is 0 Å². The van der Waals surface area contributed by atoms with Crippen molar-refractivity contribution in [3.05, 3.63) is 23.8 Å². The van der Waals surface area contributed by atoms with Crippen molar-refractivity contribution in [2.24, 2.45) is 11.7 Å². The maximum absolute atomic E-state index is 6.50. The lowest BCUT2D eigenvalue weighted by atomic mass is 9.87. The normalized spacial score (nSPS) is 18.7. The minimum Gasteiger partial charge on any atom is -0.497 e. The van der Waals surface area contributed by atoms with Crippen LogP contribution < -0.4 is 15.2 Å². The molecule has 0 aliphatic heterocycles. The fraction of sp³-hybridized carbons (Fsp3) is 0.625. The molecular weight excluding hydrogens is 238 g/mol. The predicted octanol–water partition coefficient (Wildman–Crippen LogP) is 3.67. The van der Waals surface area contributed by atoms with Crippen molar-refractivity contribution in [2.45, 2.75) is 44.6 Å². The summed E-state index contributed by atoms with van der Waals surface area (Å²) >= 11 is 0. The van der Waals surface area contributed by atoms with Gasteiger partial charge < -0.3 is 15.2 Å². The molecule has 0 amide bonds. The van der Waals surface area contributed by atoms with Gasteiger partial charge in [0.2, 0.25) is 0 Å². The van der Waals surface area contributed by atoms with Gasteiger partial charge in [-0.1, -0.05) is 25.7 Å². The zero-order valence-electron chi connectivity index (χ0n) is 12.0. The van der Waals surface area contributed by atoms with E-state index in [1.165, 1.54) is 38.5 Å². The second kappa shape index (κ2) is 6.80. The Balaban J connectivity index is 2.22. The number of hydrogen-bond donors (Lipinski definition) is 1. The number of methoxy groups -OCH3 is 2. The molecule has 0 heterocycles. The van der Waals surface area contributed by atoms with Gasteiger partial charge in [0.1, 0.15) is 11.5 Å². The van der Waals surface area contributed by atoms with Crippen molar-refractivity contribution >= 4 is 0 Å². The first-order valence-corrected chi connectivity index (χ1v) is 7.23. The summed E-state index contributed by atoms with van der Waals surface area (Å²) < 4.78 is 10.8. The van der Waals surface area contributed by atoms with Gasteiger partial charge >= 0.3 is 0 Å². The third-order valence-corrected chi connectivity index (χ3v) is 4.20. The van der Waals surface area contributed by atoms with Gasteiger partial charge in [0.05, 0.1) is 14.2 Å². The third kappa shape index (κ3) is 3.41. The molecule has 0 radical (unpaired) electrons. The number of rotatable bonds is 4. The van der Waals surface area contributed by atoms with Gasteiger partial charge in [-0.15, -0.1) is 0 Å². The van der Waals surface area contributed by atoms with E-state index < -0.39 is 0 Å². The Labute approximate surface area is 116 Å². The predicted molar refractivity (Wildman–Crippen MR) is 77.7 cm³/mol. The molecular formula is C16H25NO2. The summed E-state index contributed by atoms with van der Waals surface area (Å²) in [5.41, 5.74) is 7.58. The molecule has 0 spiro atoms. The number of benzene rings is 1. The van der Waals surface area contributed by atoms with Gasteiger partial charge in [-0.25, -0.2) is 0 Å². The highest BCUT2D eigenvalue weighted by Crippen LogP contribution is 2.37. The minimum absolute atomic E-state index is 0.0446. The molecule has 1 aliphatic rings. The van der Waals surface area contributed by atoms with E-state index in [0.717, 1.165) is 17.1 Å². The van der Waals surface area contributed by atoms with Crippen LogP contribution in [-0.2, 0) is 0 Å². The van der Waals surface area contributed by atoms with Gasteiger partial charge in [-0.2, -0.15) is 0 Å².